The molecule has 2 aliphatic heterocycles. The van der Waals surface area contributed by atoms with Crippen molar-refractivity contribution in [2.24, 2.45) is 0 Å². The van der Waals surface area contributed by atoms with Gasteiger partial charge in [-0.3, -0.25) is 0 Å². The molecule has 118 valence electrons. The van der Waals surface area contributed by atoms with Crippen LogP contribution in [0.15, 0.2) is 18.3 Å². The van der Waals surface area contributed by atoms with Crippen molar-refractivity contribution in [3.63, 3.8) is 0 Å². The van der Waals surface area contributed by atoms with E-state index in [1.807, 2.05) is 6.07 Å². The Bertz CT molecular complexity index is 510. The topological polar surface area (TPSA) is 55.2 Å². The second-order valence-corrected chi connectivity index (χ2v) is 6.28. The first kappa shape index (κ1) is 15.3. The Balaban J connectivity index is 1.41. The minimum atomic E-state index is 0.623. The number of piperidine rings is 1. The van der Waals surface area contributed by atoms with E-state index >= 15 is 0 Å². The standard InChI is InChI=1S/C17H25N5/c18-14-15-3-6-20-17(13-15)22-10-4-16(5-11-22)19-7-12-21-8-1-2-9-21/h3,6,13,16,19H,1-2,4-5,7-12H2. The van der Waals surface area contributed by atoms with E-state index in [0.29, 0.717) is 11.6 Å². The molecule has 0 unspecified atom stereocenters. The molecule has 0 saturated carbocycles. The average molecular weight is 299 g/mol. The number of nitrogens with zero attached hydrogens (tertiary/aromatic N) is 4. The molecule has 5 nitrogen and oxygen atoms in total. The van der Waals surface area contributed by atoms with Crippen LogP contribution in [0.25, 0.3) is 0 Å². The summed E-state index contributed by atoms with van der Waals surface area (Å²) in [6, 6.07) is 6.46. The molecule has 2 saturated heterocycles. The minimum Gasteiger partial charge on any atom is -0.356 e. The molecule has 0 atom stereocenters. The Morgan fingerprint density at radius 2 is 2.00 bits per heavy atom. The average Bonchev–Trinajstić information content (AvgIpc) is 3.09. The van der Waals surface area contributed by atoms with Crippen LogP contribution in [0.5, 0.6) is 0 Å². The van der Waals surface area contributed by atoms with E-state index in [-0.39, 0.29) is 0 Å². The van der Waals surface area contributed by atoms with Crippen molar-refractivity contribution in [1.82, 2.24) is 15.2 Å². The molecule has 5 heteroatoms. The maximum Gasteiger partial charge on any atom is 0.129 e. The number of anilines is 1. The molecular weight excluding hydrogens is 274 g/mol. The first-order valence-corrected chi connectivity index (χ1v) is 8.42. The van der Waals surface area contributed by atoms with Gasteiger partial charge in [0.25, 0.3) is 0 Å². The molecule has 0 aliphatic carbocycles. The number of likely N-dealkylation sites (tertiary alicyclic amines) is 1. The van der Waals surface area contributed by atoms with Gasteiger partial charge in [0.15, 0.2) is 0 Å². The molecule has 2 aliphatic rings. The van der Waals surface area contributed by atoms with Gasteiger partial charge in [-0.2, -0.15) is 5.26 Å². The molecule has 0 radical (unpaired) electrons. The second kappa shape index (κ2) is 7.57. The van der Waals surface area contributed by atoms with E-state index in [4.69, 9.17) is 5.26 Å². The van der Waals surface area contributed by atoms with Crippen LogP contribution in [0.3, 0.4) is 0 Å². The van der Waals surface area contributed by atoms with E-state index < -0.39 is 0 Å². The van der Waals surface area contributed by atoms with Crippen LogP contribution in [0.2, 0.25) is 0 Å². The fraction of sp³-hybridized carbons (Fsp3) is 0.647. The van der Waals surface area contributed by atoms with Gasteiger partial charge in [0.1, 0.15) is 5.82 Å². The lowest BCUT2D eigenvalue weighted by Gasteiger charge is -2.33. The highest BCUT2D eigenvalue weighted by atomic mass is 15.2. The van der Waals surface area contributed by atoms with Gasteiger partial charge in [-0.05, 0) is 50.9 Å². The van der Waals surface area contributed by atoms with Gasteiger partial charge in [0, 0.05) is 38.4 Å². The molecular formula is C17H25N5. The lowest BCUT2D eigenvalue weighted by molar-refractivity contribution is 0.316. The van der Waals surface area contributed by atoms with Crippen molar-refractivity contribution >= 4 is 5.82 Å². The van der Waals surface area contributed by atoms with Crippen molar-refractivity contribution in [2.75, 3.05) is 44.2 Å². The molecule has 1 N–H and O–H groups in total. The van der Waals surface area contributed by atoms with Gasteiger partial charge in [0.05, 0.1) is 11.6 Å². The highest BCUT2D eigenvalue weighted by Gasteiger charge is 2.20. The number of hydrogen-bond acceptors (Lipinski definition) is 5. The molecule has 0 amide bonds. The summed E-state index contributed by atoms with van der Waals surface area (Å²) in [5.74, 6) is 0.939. The van der Waals surface area contributed by atoms with Crippen LogP contribution in [-0.2, 0) is 0 Å². The Hall–Kier alpha value is -1.64. The molecule has 2 fully saturated rings. The van der Waals surface area contributed by atoms with Gasteiger partial charge in [0.2, 0.25) is 0 Å². The third kappa shape index (κ3) is 3.96. The predicted molar refractivity (Wildman–Crippen MR) is 87.9 cm³/mol. The van der Waals surface area contributed by atoms with E-state index in [0.717, 1.165) is 38.3 Å². The van der Waals surface area contributed by atoms with Crippen molar-refractivity contribution < 1.29 is 0 Å². The number of nitriles is 1. The SMILES string of the molecule is N#Cc1ccnc(N2CCC(NCCN3CCCC3)CC2)c1. The fourth-order valence-corrected chi connectivity index (χ4v) is 3.41. The first-order chi connectivity index (χ1) is 10.8. The summed E-state index contributed by atoms with van der Waals surface area (Å²) in [7, 11) is 0. The summed E-state index contributed by atoms with van der Waals surface area (Å²) in [5.41, 5.74) is 0.691. The lowest BCUT2D eigenvalue weighted by Crippen LogP contribution is -2.44. The van der Waals surface area contributed by atoms with Crippen molar-refractivity contribution in [3.05, 3.63) is 23.9 Å². The monoisotopic (exact) mass is 299 g/mol. The van der Waals surface area contributed by atoms with Gasteiger partial charge in [-0.15, -0.1) is 0 Å². The van der Waals surface area contributed by atoms with Crippen molar-refractivity contribution in [2.45, 2.75) is 31.7 Å². The van der Waals surface area contributed by atoms with Gasteiger partial charge < -0.3 is 15.1 Å². The van der Waals surface area contributed by atoms with E-state index in [1.165, 1.54) is 32.5 Å². The summed E-state index contributed by atoms with van der Waals surface area (Å²) in [6.45, 7) is 6.88. The molecule has 0 aromatic carbocycles. The van der Waals surface area contributed by atoms with Gasteiger partial charge >= 0.3 is 0 Å². The zero-order chi connectivity index (χ0) is 15.2. The zero-order valence-electron chi connectivity index (χ0n) is 13.2. The van der Waals surface area contributed by atoms with Crippen LogP contribution in [0.1, 0.15) is 31.2 Å². The van der Waals surface area contributed by atoms with Crippen molar-refractivity contribution in [1.29, 1.82) is 5.26 Å². The Morgan fingerprint density at radius 3 is 2.73 bits per heavy atom. The molecule has 3 rings (SSSR count). The smallest absolute Gasteiger partial charge is 0.129 e. The third-order valence-electron chi connectivity index (χ3n) is 4.75. The largest absolute Gasteiger partial charge is 0.356 e. The molecule has 0 bridgehead atoms. The highest BCUT2D eigenvalue weighted by molar-refractivity contribution is 5.45. The molecule has 0 spiro atoms. The third-order valence-corrected chi connectivity index (χ3v) is 4.75. The zero-order valence-corrected chi connectivity index (χ0v) is 13.2. The lowest BCUT2D eigenvalue weighted by atomic mass is 10.0. The first-order valence-electron chi connectivity index (χ1n) is 8.42. The quantitative estimate of drug-likeness (QED) is 0.895. The number of aromatic nitrogens is 1. The van der Waals surface area contributed by atoms with E-state index in [1.54, 1.807) is 12.3 Å². The summed E-state index contributed by atoms with van der Waals surface area (Å²) < 4.78 is 0. The Morgan fingerprint density at radius 1 is 1.23 bits per heavy atom. The van der Waals surface area contributed by atoms with E-state index in [2.05, 4.69) is 26.2 Å². The second-order valence-electron chi connectivity index (χ2n) is 6.28. The molecule has 22 heavy (non-hydrogen) atoms. The van der Waals surface area contributed by atoms with Crippen LogP contribution < -0.4 is 10.2 Å². The summed E-state index contributed by atoms with van der Waals surface area (Å²) in [6.07, 6.45) is 6.77. The van der Waals surface area contributed by atoms with Crippen LogP contribution in [-0.4, -0.2) is 55.2 Å². The summed E-state index contributed by atoms with van der Waals surface area (Å²) in [5, 5.41) is 12.7. The fourth-order valence-electron chi connectivity index (χ4n) is 3.41. The maximum atomic E-state index is 8.98. The molecule has 3 heterocycles. The maximum absolute atomic E-state index is 8.98. The highest BCUT2D eigenvalue weighted by Crippen LogP contribution is 2.18. The van der Waals surface area contributed by atoms with Crippen LogP contribution in [0, 0.1) is 11.3 Å². The van der Waals surface area contributed by atoms with Crippen molar-refractivity contribution in [3.8, 4) is 6.07 Å². The number of rotatable bonds is 5. The predicted octanol–water partition coefficient (Wildman–Crippen LogP) is 1.61. The van der Waals surface area contributed by atoms with Crippen LogP contribution in [0.4, 0.5) is 5.82 Å². The van der Waals surface area contributed by atoms with Crippen LogP contribution >= 0.6 is 0 Å². The van der Waals surface area contributed by atoms with Gasteiger partial charge in [-0.25, -0.2) is 4.98 Å². The number of nitrogens with one attached hydrogen (secondary N) is 1. The number of pyridine rings is 1. The van der Waals surface area contributed by atoms with E-state index in [9.17, 15) is 0 Å². The Kier molecular flexibility index (Phi) is 5.25. The minimum absolute atomic E-state index is 0.623. The molecule has 1 aromatic rings. The normalized spacial score (nSPS) is 20.2. The van der Waals surface area contributed by atoms with Gasteiger partial charge in [-0.1, -0.05) is 0 Å². The number of hydrogen-bond donors (Lipinski definition) is 1. The summed E-state index contributed by atoms with van der Waals surface area (Å²) in [4.78, 5) is 9.24. The summed E-state index contributed by atoms with van der Waals surface area (Å²) >= 11 is 0. The molecule has 1 aromatic heterocycles. The Labute approximate surface area is 132 Å².